The molecule has 1 aromatic rings. The smallest absolute Gasteiger partial charge is 0.140 e. The molecule has 0 aliphatic carbocycles. The van der Waals surface area contributed by atoms with Crippen LogP contribution in [0.4, 0.5) is 5.69 Å². The van der Waals surface area contributed by atoms with E-state index in [0.717, 1.165) is 25.2 Å². The van der Waals surface area contributed by atoms with Crippen molar-refractivity contribution in [2.24, 2.45) is 5.73 Å². The van der Waals surface area contributed by atoms with Crippen molar-refractivity contribution in [2.75, 3.05) is 18.0 Å². The fourth-order valence-corrected chi connectivity index (χ4v) is 1.66. The Balaban J connectivity index is 2.14. The summed E-state index contributed by atoms with van der Waals surface area (Å²) in [6.07, 6.45) is 2.76. The van der Waals surface area contributed by atoms with Crippen LogP contribution in [0.3, 0.4) is 0 Å². The summed E-state index contributed by atoms with van der Waals surface area (Å²) in [4.78, 5) is 6.22. The average molecular weight is 188 g/mol. The molecule has 2 heterocycles. The minimum atomic E-state index is 0.269. The number of aromatic nitrogens is 1. The third-order valence-electron chi connectivity index (χ3n) is 2.45. The van der Waals surface area contributed by atoms with Crippen molar-refractivity contribution in [1.29, 1.82) is 5.26 Å². The zero-order valence-electron chi connectivity index (χ0n) is 7.85. The Labute approximate surface area is 83.0 Å². The van der Waals surface area contributed by atoms with Crippen LogP contribution in [0.25, 0.3) is 0 Å². The highest BCUT2D eigenvalue weighted by Gasteiger charge is 2.19. The van der Waals surface area contributed by atoms with Crippen molar-refractivity contribution in [2.45, 2.75) is 12.5 Å². The predicted molar refractivity (Wildman–Crippen MR) is 53.8 cm³/mol. The molecule has 1 atom stereocenters. The van der Waals surface area contributed by atoms with Gasteiger partial charge in [0.25, 0.3) is 0 Å². The standard InChI is InChI=1S/C10H12N4/c11-5-9-1-2-10(6-13-9)14-4-3-8(12)7-14/h1-2,6,8H,3-4,7,12H2. The van der Waals surface area contributed by atoms with Crippen molar-refractivity contribution in [3.8, 4) is 6.07 Å². The average Bonchev–Trinajstić information content (AvgIpc) is 2.65. The van der Waals surface area contributed by atoms with Crippen LogP contribution < -0.4 is 10.6 Å². The Bertz CT molecular complexity index is 351. The number of nitrogens with zero attached hydrogens (tertiary/aromatic N) is 3. The molecule has 0 bridgehead atoms. The van der Waals surface area contributed by atoms with E-state index in [4.69, 9.17) is 11.0 Å². The zero-order valence-corrected chi connectivity index (χ0v) is 7.85. The van der Waals surface area contributed by atoms with Gasteiger partial charge in [-0.3, -0.25) is 0 Å². The van der Waals surface area contributed by atoms with Gasteiger partial charge in [0, 0.05) is 19.1 Å². The minimum absolute atomic E-state index is 0.269. The fraction of sp³-hybridized carbons (Fsp3) is 0.400. The van der Waals surface area contributed by atoms with Crippen LogP contribution in [0.1, 0.15) is 12.1 Å². The highest BCUT2D eigenvalue weighted by Crippen LogP contribution is 2.18. The van der Waals surface area contributed by atoms with Gasteiger partial charge in [-0.2, -0.15) is 5.26 Å². The maximum Gasteiger partial charge on any atom is 0.140 e. The second kappa shape index (κ2) is 3.64. The van der Waals surface area contributed by atoms with E-state index >= 15 is 0 Å². The second-order valence-corrected chi connectivity index (χ2v) is 3.51. The first-order chi connectivity index (χ1) is 6.79. The number of rotatable bonds is 1. The molecule has 1 saturated heterocycles. The Hall–Kier alpha value is -1.60. The Morgan fingerprint density at radius 2 is 2.43 bits per heavy atom. The molecule has 0 amide bonds. The van der Waals surface area contributed by atoms with Gasteiger partial charge in [-0.15, -0.1) is 0 Å². The number of hydrogen-bond donors (Lipinski definition) is 1. The lowest BCUT2D eigenvalue weighted by Crippen LogP contribution is -2.26. The summed E-state index contributed by atoms with van der Waals surface area (Å²) in [6, 6.07) is 5.92. The molecule has 1 aromatic heterocycles. The molecule has 2 rings (SSSR count). The fourth-order valence-electron chi connectivity index (χ4n) is 1.66. The van der Waals surface area contributed by atoms with Crippen molar-refractivity contribution in [1.82, 2.24) is 4.98 Å². The highest BCUT2D eigenvalue weighted by molar-refractivity contribution is 5.47. The first kappa shape index (κ1) is 8.97. The first-order valence-electron chi connectivity index (χ1n) is 4.66. The lowest BCUT2D eigenvalue weighted by molar-refractivity contribution is 0.752. The molecule has 14 heavy (non-hydrogen) atoms. The second-order valence-electron chi connectivity index (χ2n) is 3.51. The van der Waals surface area contributed by atoms with Gasteiger partial charge in [0.1, 0.15) is 11.8 Å². The molecule has 0 aromatic carbocycles. The van der Waals surface area contributed by atoms with Gasteiger partial charge in [-0.25, -0.2) is 4.98 Å². The largest absolute Gasteiger partial charge is 0.369 e. The highest BCUT2D eigenvalue weighted by atomic mass is 15.2. The molecule has 72 valence electrons. The van der Waals surface area contributed by atoms with Gasteiger partial charge in [-0.05, 0) is 18.6 Å². The van der Waals surface area contributed by atoms with E-state index in [1.165, 1.54) is 0 Å². The normalized spacial score (nSPS) is 20.9. The molecule has 1 aliphatic rings. The summed E-state index contributed by atoms with van der Waals surface area (Å²) in [6.45, 7) is 1.86. The maximum atomic E-state index is 8.59. The summed E-state index contributed by atoms with van der Waals surface area (Å²) >= 11 is 0. The lowest BCUT2D eigenvalue weighted by Gasteiger charge is -2.16. The molecular weight excluding hydrogens is 176 g/mol. The van der Waals surface area contributed by atoms with Crippen LogP contribution in [-0.2, 0) is 0 Å². The molecule has 1 fully saturated rings. The van der Waals surface area contributed by atoms with Gasteiger partial charge in [0.2, 0.25) is 0 Å². The van der Waals surface area contributed by atoms with Crippen molar-refractivity contribution < 1.29 is 0 Å². The van der Waals surface area contributed by atoms with Crippen LogP contribution in [0.2, 0.25) is 0 Å². The molecule has 1 unspecified atom stereocenters. The Kier molecular flexibility index (Phi) is 2.33. The molecule has 4 heteroatoms. The molecule has 2 N–H and O–H groups in total. The monoisotopic (exact) mass is 188 g/mol. The zero-order chi connectivity index (χ0) is 9.97. The van der Waals surface area contributed by atoms with Crippen LogP contribution in [0.15, 0.2) is 18.3 Å². The number of nitriles is 1. The Morgan fingerprint density at radius 3 is 2.93 bits per heavy atom. The van der Waals surface area contributed by atoms with Gasteiger partial charge < -0.3 is 10.6 Å². The summed E-state index contributed by atoms with van der Waals surface area (Å²) < 4.78 is 0. The molecule has 0 radical (unpaired) electrons. The van der Waals surface area contributed by atoms with E-state index < -0.39 is 0 Å². The Morgan fingerprint density at radius 1 is 1.57 bits per heavy atom. The molecular formula is C10H12N4. The van der Waals surface area contributed by atoms with E-state index in [9.17, 15) is 0 Å². The topological polar surface area (TPSA) is 65.9 Å². The molecule has 0 saturated carbocycles. The summed E-state index contributed by atoms with van der Waals surface area (Å²) in [5.74, 6) is 0. The molecule has 1 aliphatic heterocycles. The maximum absolute atomic E-state index is 8.59. The van der Waals surface area contributed by atoms with E-state index in [1.807, 2.05) is 12.1 Å². The number of nitrogens with two attached hydrogens (primary N) is 1. The summed E-state index contributed by atoms with van der Waals surface area (Å²) in [5.41, 5.74) is 7.31. The summed E-state index contributed by atoms with van der Waals surface area (Å²) in [5, 5.41) is 8.59. The first-order valence-corrected chi connectivity index (χ1v) is 4.66. The third kappa shape index (κ3) is 1.68. The van der Waals surface area contributed by atoms with Gasteiger partial charge in [0.15, 0.2) is 0 Å². The SMILES string of the molecule is N#Cc1ccc(N2CCC(N)C2)cn1. The van der Waals surface area contributed by atoms with Gasteiger partial charge >= 0.3 is 0 Å². The van der Waals surface area contributed by atoms with Crippen LogP contribution >= 0.6 is 0 Å². The van der Waals surface area contributed by atoms with Crippen LogP contribution in [0, 0.1) is 11.3 Å². The molecule has 4 nitrogen and oxygen atoms in total. The quantitative estimate of drug-likeness (QED) is 0.696. The van der Waals surface area contributed by atoms with E-state index in [-0.39, 0.29) is 6.04 Å². The number of pyridine rings is 1. The number of hydrogen-bond acceptors (Lipinski definition) is 4. The van der Waals surface area contributed by atoms with Crippen LogP contribution in [-0.4, -0.2) is 24.1 Å². The third-order valence-corrected chi connectivity index (χ3v) is 2.45. The lowest BCUT2D eigenvalue weighted by atomic mass is 10.3. The summed E-state index contributed by atoms with van der Waals surface area (Å²) in [7, 11) is 0. The predicted octanol–water partition coefficient (Wildman–Crippen LogP) is 0.491. The van der Waals surface area contributed by atoms with Gasteiger partial charge in [0.05, 0.1) is 11.9 Å². The van der Waals surface area contributed by atoms with Crippen LogP contribution in [0.5, 0.6) is 0 Å². The van der Waals surface area contributed by atoms with Crippen molar-refractivity contribution in [3.05, 3.63) is 24.0 Å². The van der Waals surface area contributed by atoms with E-state index in [2.05, 4.69) is 9.88 Å². The molecule has 0 spiro atoms. The minimum Gasteiger partial charge on any atom is -0.369 e. The van der Waals surface area contributed by atoms with Crippen molar-refractivity contribution in [3.63, 3.8) is 0 Å². The van der Waals surface area contributed by atoms with E-state index in [1.54, 1.807) is 12.3 Å². The van der Waals surface area contributed by atoms with Gasteiger partial charge in [-0.1, -0.05) is 0 Å². The number of anilines is 1. The van der Waals surface area contributed by atoms with E-state index in [0.29, 0.717) is 5.69 Å². The van der Waals surface area contributed by atoms with Crippen molar-refractivity contribution >= 4 is 5.69 Å².